The summed E-state index contributed by atoms with van der Waals surface area (Å²) in [6.45, 7) is -0.243. The fraction of sp³-hybridized carbons (Fsp3) is 0.214. The minimum Gasteiger partial charge on any atom is -0.478 e. The van der Waals surface area contributed by atoms with Gasteiger partial charge >= 0.3 is 23.4 Å². The molecule has 1 aliphatic carbocycles. The van der Waals surface area contributed by atoms with Gasteiger partial charge in [-0.25, -0.2) is 14.4 Å². The van der Waals surface area contributed by atoms with Crippen molar-refractivity contribution in [1.29, 1.82) is 0 Å². The molecule has 3 aromatic rings. The molecule has 0 saturated heterocycles. The lowest BCUT2D eigenvalue weighted by Gasteiger charge is -2.38. The SMILES string of the molecule is O=C(O)c1cc(C(=O)O)c(C(=O)NC[C@]2(c3cccc4ccccc34)C=CCC(SC(F)(F)F)C2)cc1C(=O)O. The number of rotatable bonds is 8. The first-order chi connectivity index (χ1) is 18.8. The standard InChI is InChI=1S/C28H22F3NO7S/c29-28(30,31)40-16-7-4-10-27(13-16,22-9-3-6-15-5-1-2-8-17(15)22)14-32-23(33)18-11-20(25(36)37)21(26(38)39)12-19(18)24(34)35/h1-6,8-12,16H,7,13-14H2,(H,32,33)(H,34,35)(H,36,37)(H,38,39)/t16?,27-/m0/s1. The number of carbonyl (C=O) groups excluding carboxylic acids is 1. The molecule has 40 heavy (non-hydrogen) atoms. The van der Waals surface area contributed by atoms with Gasteiger partial charge in [0.05, 0.1) is 22.3 Å². The molecule has 4 rings (SSSR count). The van der Waals surface area contributed by atoms with Crippen LogP contribution in [0.4, 0.5) is 13.2 Å². The van der Waals surface area contributed by atoms with Gasteiger partial charge in [0.25, 0.3) is 5.91 Å². The molecular weight excluding hydrogens is 551 g/mol. The highest BCUT2D eigenvalue weighted by Gasteiger charge is 2.41. The van der Waals surface area contributed by atoms with Crippen molar-refractivity contribution in [3.8, 4) is 0 Å². The number of hydrogen-bond donors (Lipinski definition) is 4. The molecule has 1 amide bonds. The summed E-state index contributed by atoms with van der Waals surface area (Å²) in [5.41, 5.74) is -7.88. The number of carboxylic acids is 3. The molecule has 0 aromatic heterocycles. The first kappa shape index (κ1) is 28.7. The third-order valence-corrected chi connectivity index (χ3v) is 7.67. The lowest BCUT2D eigenvalue weighted by molar-refractivity contribution is -0.0335. The zero-order chi connectivity index (χ0) is 29.2. The number of benzene rings is 3. The van der Waals surface area contributed by atoms with Crippen LogP contribution >= 0.6 is 11.8 Å². The Morgan fingerprint density at radius 3 is 2.08 bits per heavy atom. The Bertz CT molecular complexity index is 1550. The van der Waals surface area contributed by atoms with Gasteiger partial charge < -0.3 is 20.6 Å². The molecule has 1 unspecified atom stereocenters. The van der Waals surface area contributed by atoms with E-state index in [4.69, 9.17) is 0 Å². The zero-order valence-electron chi connectivity index (χ0n) is 20.6. The number of halogens is 3. The molecule has 208 valence electrons. The van der Waals surface area contributed by atoms with E-state index < -0.39 is 62.2 Å². The third kappa shape index (κ3) is 5.96. The number of thioether (sulfide) groups is 1. The van der Waals surface area contributed by atoms with Crippen molar-refractivity contribution in [2.45, 2.75) is 29.0 Å². The second-order valence-corrected chi connectivity index (χ2v) is 10.6. The van der Waals surface area contributed by atoms with Crippen molar-refractivity contribution >= 4 is 46.3 Å². The molecular formula is C28H22F3NO7S. The van der Waals surface area contributed by atoms with Gasteiger partial charge in [-0.2, -0.15) is 13.2 Å². The van der Waals surface area contributed by atoms with Crippen LogP contribution in [-0.2, 0) is 5.41 Å². The van der Waals surface area contributed by atoms with E-state index in [1.54, 1.807) is 30.4 Å². The molecule has 12 heteroatoms. The summed E-state index contributed by atoms with van der Waals surface area (Å²) >= 11 is -0.136. The number of carbonyl (C=O) groups is 4. The van der Waals surface area contributed by atoms with E-state index in [-0.39, 0.29) is 31.1 Å². The van der Waals surface area contributed by atoms with Gasteiger partial charge in [0.15, 0.2) is 0 Å². The van der Waals surface area contributed by atoms with Crippen LogP contribution in [0, 0.1) is 0 Å². The van der Waals surface area contributed by atoms with Gasteiger partial charge in [-0.15, -0.1) is 0 Å². The summed E-state index contributed by atoms with van der Waals surface area (Å²) < 4.78 is 40.0. The molecule has 0 saturated carbocycles. The molecule has 0 heterocycles. The minimum absolute atomic E-state index is 0.00786. The Hall–Kier alpha value is -4.32. The second-order valence-electron chi connectivity index (χ2n) is 9.25. The molecule has 3 aromatic carbocycles. The van der Waals surface area contributed by atoms with Crippen LogP contribution < -0.4 is 5.32 Å². The fourth-order valence-corrected chi connectivity index (χ4v) is 5.99. The van der Waals surface area contributed by atoms with E-state index in [0.29, 0.717) is 17.7 Å². The topological polar surface area (TPSA) is 141 Å². The van der Waals surface area contributed by atoms with Gasteiger partial charge in [-0.05, 0) is 53.1 Å². The number of nitrogens with one attached hydrogen (secondary N) is 1. The molecule has 0 aliphatic heterocycles. The van der Waals surface area contributed by atoms with E-state index in [1.165, 1.54) is 0 Å². The maximum Gasteiger partial charge on any atom is 0.442 e. The Morgan fingerprint density at radius 2 is 1.45 bits per heavy atom. The molecule has 1 aliphatic rings. The zero-order valence-corrected chi connectivity index (χ0v) is 21.4. The monoisotopic (exact) mass is 573 g/mol. The Morgan fingerprint density at radius 1 is 0.875 bits per heavy atom. The van der Waals surface area contributed by atoms with Gasteiger partial charge in [-0.1, -0.05) is 54.6 Å². The molecule has 2 atom stereocenters. The van der Waals surface area contributed by atoms with Gasteiger partial charge in [0, 0.05) is 17.2 Å². The normalized spacial score (nSPS) is 18.8. The minimum atomic E-state index is -4.49. The van der Waals surface area contributed by atoms with Crippen LogP contribution in [0.5, 0.6) is 0 Å². The highest BCUT2D eigenvalue weighted by molar-refractivity contribution is 8.00. The van der Waals surface area contributed by atoms with E-state index in [1.807, 2.05) is 24.3 Å². The van der Waals surface area contributed by atoms with Crippen molar-refractivity contribution in [1.82, 2.24) is 5.32 Å². The van der Waals surface area contributed by atoms with Crippen LogP contribution in [0.15, 0.2) is 66.7 Å². The first-order valence-corrected chi connectivity index (χ1v) is 12.8. The van der Waals surface area contributed by atoms with Crippen LogP contribution in [-0.4, -0.2) is 56.4 Å². The number of fused-ring (bicyclic) bond motifs is 1. The quantitative estimate of drug-likeness (QED) is 0.256. The van der Waals surface area contributed by atoms with E-state index in [9.17, 15) is 47.7 Å². The molecule has 0 spiro atoms. The number of carboxylic acid groups (broad SMARTS) is 3. The van der Waals surface area contributed by atoms with Crippen LogP contribution in [0.2, 0.25) is 0 Å². The summed E-state index contributed by atoms with van der Waals surface area (Å²) in [6, 6.07) is 13.9. The molecule has 8 nitrogen and oxygen atoms in total. The average molecular weight is 574 g/mol. The van der Waals surface area contributed by atoms with E-state index in [0.717, 1.165) is 10.8 Å². The lowest BCUT2D eigenvalue weighted by Crippen LogP contribution is -2.43. The van der Waals surface area contributed by atoms with Crippen molar-refractivity contribution < 1.29 is 47.7 Å². The highest BCUT2D eigenvalue weighted by atomic mass is 32.2. The maximum atomic E-state index is 13.3. The number of amides is 1. The van der Waals surface area contributed by atoms with Crippen molar-refractivity contribution in [3.63, 3.8) is 0 Å². The second kappa shape index (κ2) is 11.0. The average Bonchev–Trinajstić information content (AvgIpc) is 2.89. The third-order valence-electron chi connectivity index (χ3n) is 6.71. The van der Waals surface area contributed by atoms with Crippen molar-refractivity contribution in [2.24, 2.45) is 0 Å². The summed E-state index contributed by atoms with van der Waals surface area (Å²) in [5.74, 6) is -6.05. The maximum absolute atomic E-state index is 13.3. The summed E-state index contributed by atoms with van der Waals surface area (Å²) in [7, 11) is 0. The number of allylic oxidation sites excluding steroid dienone is 1. The Labute approximate surface area is 229 Å². The number of hydrogen-bond acceptors (Lipinski definition) is 5. The Balaban J connectivity index is 1.77. The molecule has 0 radical (unpaired) electrons. The van der Waals surface area contributed by atoms with Gasteiger partial charge in [0.1, 0.15) is 0 Å². The molecule has 4 N–H and O–H groups in total. The summed E-state index contributed by atoms with van der Waals surface area (Å²) in [6.07, 6.45) is 3.49. The van der Waals surface area contributed by atoms with Crippen LogP contribution in [0.3, 0.4) is 0 Å². The number of alkyl halides is 3. The summed E-state index contributed by atoms with van der Waals surface area (Å²) in [4.78, 5) is 48.3. The van der Waals surface area contributed by atoms with Crippen molar-refractivity contribution in [2.75, 3.05) is 6.54 Å². The highest BCUT2D eigenvalue weighted by Crippen LogP contribution is 2.46. The van der Waals surface area contributed by atoms with Gasteiger partial charge in [-0.3, -0.25) is 4.79 Å². The van der Waals surface area contributed by atoms with Crippen molar-refractivity contribution in [3.05, 3.63) is 94.6 Å². The largest absolute Gasteiger partial charge is 0.478 e. The first-order valence-electron chi connectivity index (χ1n) is 11.9. The molecule has 0 fully saturated rings. The van der Waals surface area contributed by atoms with Crippen LogP contribution in [0.25, 0.3) is 10.8 Å². The predicted molar refractivity (Wildman–Crippen MR) is 141 cm³/mol. The Kier molecular flexibility index (Phi) is 7.92. The van der Waals surface area contributed by atoms with Crippen LogP contribution in [0.1, 0.15) is 59.8 Å². The van der Waals surface area contributed by atoms with Gasteiger partial charge in [0.2, 0.25) is 0 Å². The number of aromatic carboxylic acids is 3. The lowest BCUT2D eigenvalue weighted by atomic mass is 9.71. The molecule has 0 bridgehead atoms. The smallest absolute Gasteiger partial charge is 0.442 e. The van der Waals surface area contributed by atoms with E-state index in [2.05, 4.69) is 5.32 Å². The predicted octanol–water partition coefficient (Wildman–Crippen LogP) is 5.57. The van der Waals surface area contributed by atoms with E-state index >= 15 is 0 Å². The summed E-state index contributed by atoms with van der Waals surface area (Å²) in [5, 5.41) is 31.7. The fourth-order valence-electron chi connectivity index (χ4n) is 5.02.